The molecule has 5 N–H and O–H groups in total. The average molecular weight is 312 g/mol. The molecular weight excluding hydrogens is 280 g/mol. The fourth-order valence-corrected chi connectivity index (χ4v) is 2.73. The number of ether oxygens (including phenoxy) is 1. The number of nitrogens with one attached hydrogen (secondary N) is 3. The molecule has 128 valence electrons. The molecule has 1 atom stereocenters. The van der Waals surface area contributed by atoms with Crippen molar-refractivity contribution in [2.45, 2.75) is 83.4 Å². The Morgan fingerprint density at radius 1 is 1.32 bits per heavy atom. The minimum atomic E-state index is -0.471. The summed E-state index contributed by atoms with van der Waals surface area (Å²) < 4.78 is 5.53. The van der Waals surface area contributed by atoms with Gasteiger partial charge in [0.25, 0.3) is 0 Å². The Morgan fingerprint density at radius 3 is 2.50 bits per heavy atom. The van der Waals surface area contributed by atoms with Crippen molar-refractivity contribution in [3.8, 4) is 0 Å². The summed E-state index contributed by atoms with van der Waals surface area (Å²) in [6.45, 7) is 6.26. The van der Waals surface area contributed by atoms with Crippen LogP contribution in [0.5, 0.6) is 0 Å². The highest BCUT2D eigenvalue weighted by molar-refractivity contribution is 5.76. The predicted octanol–water partition coefficient (Wildman–Crippen LogP) is 1.88. The molecule has 1 aliphatic carbocycles. The summed E-state index contributed by atoms with van der Waals surface area (Å²) in [4.78, 5) is 12.4. The summed E-state index contributed by atoms with van der Waals surface area (Å²) in [7, 11) is 0. The first-order valence-corrected chi connectivity index (χ1v) is 8.35. The van der Waals surface area contributed by atoms with Gasteiger partial charge in [0.05, 0.1) is 0 Å². The van der Waals surface area contributed by atoms with E-state index in [2.05, 4.69) is 10.6 Å². The van der Waals surface area contributed by atoms with Crippen LogP contribution in [0.3, 0.4) is 0 Å². The molecule has 0 spiro atoms. The van der Waals surface area contributed by atoms with Crippen LogP contribution in [0.25, 0.3) is 0 Å². The van der Waals surface area contributed by atoms with Gasteiger partial charge in [0.2, 0.25) is 0 Å². The van der Waals surface area contributed by atoms with Gasteiger partial charge in [0.1, 0.15) is 11.6 Å². The van der Waals surface area contributed by atoms with Gasteiger partial charge in [-0.05, 0) is 46.5 Å². The number of rotatable bonds is 7. The van der Waals surface area contributed by atoms with Gasteiger partial charge in [-0.1, -0.05) is 19.3 Å². The van der Waals surface area contributed by atoms with Gasteiger partial charge in [-0.15, -0.1) is 0 Å². The monoisotopic (exact) mass is 312 g/mol. The topological polar surface area (TPSA) is 100 Å². The highest BCUT2D eigenvalue weighted by Crippen LogP contribution is 2.19. The van der Waals surface area contributed by atoms with E-state index in [-0.39, 0.29) is 18.0 Å². The van der Waals surface area contributed by atoms with E-state index in [0.717, 1.165) is 19.3 Å². The summed E-state index contributed by atoms with van der Waals surface area (Å²) in [5.74, 6) is -0.213. The van der Waals surface area contributed by atoms with Gasteiger partial charge in [0, 0.05) is 12.6 Å². The lowest BCUT2D eigenvalue weighted by atomic mass is 9.94. The largest absolute Gasteiger partial charge is 0.459 e. The number of hydrogen-bond donors (Lipinski definition) is 4. The highest BCUT2D eigenvalue weighted by atomic mass is 16.6. The third kappa shape index (κ3) is 8.22. The summed E-state index contributed by atoms with van der Waals surface area (Å²) in [5, 5.41) is 13.4. The molecule has 0 radical (unpaired) electrons. The Bertz CT molecular complexity index is 360. The Labute approximate surface area is 134 Å². The standard InChI is InChI=1S/C16H32N4O2/c1-16(2,3)22-14(21)13(10-7-11-19-15(17)18)20-12-8-5-4-6-9-12/h12-13,20H,4-11H2,1-3H3,(H4,17,18,19). The number of hydrogen-bond acceptors (Lipinski definition) is 4. The molecule has 22 heavy (non-hydrogen) atoms. The molecule has 1 rings (SSSR count). The third-order valence-electron chi connectivity index (χ3n) is 3.72. The van der Waals surface area contributed by atoms with Crippen LogP contribution in [-0.2, 0) is 9.53 Å². The lowest BCUT2D eigenvalue weighted by molar-refractivity contribution is -0.158. The first-order chi connectivity index (χ1) is 10.3. The number of esters is 1. The number of carbonyl (C=O) groups is 1. The third-order valence-corrected chi connectivity index (χ3v) is 3.72. The van der Waals surface area contributed by atoms with Crippen molar-refractivity contribution in [2.24, 2.45) is 5.73 Å². The predicted molar refractivity (Wildman–Crippen MR) is 88.8 cm³/mol. The Morgan fingerprint density at radius 2 is 1.95 bits per heavy atom. The molecule has 0 aromatic carbocycles. The fraction of sp³-hybridized carbons (Fsp3) is 0.875. The van der Waals surface area contributed by atoms with Crippen molar-refractivity contribution in [2.75, 3.05) is 6.54 Å². The zero-order valence-corrected chi connectivity index (χ0v) is 14.2. The molecule has 0 aliphatic heterocycles. The second-order valence-corrected chi connectivity index (χ2v) is 7.07. The molecule has 0 amide bonds. The lowest BCUT2D eigenvalue weighted by Crippen LogP contribution is -2.47. The van der Waals surface area contributed by atoms with E-state index in [4.69, 9.17) is 15.9 Å². The zero-order chi connectivity index (χ0) is 16.6. The molecule has 0 aromatic heterocycles. The molecule has 6 heteroatoms. The van der Waals surface area contributed by atoms with Crippen molar-refractivity contribution in [1.29, 1.82) is 5.41 Å². The minimum absolute atomic E-state index is 0.0333. The van der Waals surface area contributed by atoms with E-state index < -0.39 is 5.60 Å². The smallest absolute Gasteiger partial charge is 0.323 e. The van der Waals surface area contributed by atoms with E-state index in [9.17, 15) is 4.79 Å². The number of guanidine groups is 1. The molecule has 0 saturated heterocycles. The van der Waals surface area contributed by atoms with E-state index in [1.54, 1.807) is 0 Å². The van der Waals surface area contributed by atoms with Crippen LogP contribution in [0, 0.1) is 5.41 Å². The van der Waals surface area contributed by atoms with Crippen molar-refractivity contribution in [1.82, 2.24) is 10.6 Å². The maximum Gasteiger partial charge on any atom is 0.323 e. The summed E-state index contributed by atoms with van der Waals surface area (Å²) >= 11 is 0. The quantitative estimate of drug-likeness (QED) is 0.249. The highest BCUT2D eigenvalue weighted by Gasteiger charge is 2.27. The van der Waals surface area contributed by atoms with Crippen LogP contribution < -0.4 is 16.4 Å². The Balaban J connectivity index is 2.50. The van der Waals surface area contributed by atoms with E-state index >= 15 is 0 Å². The van der Waals surface area contributed by atoms with E-state index in [1.165, 1.54) is 19.3 Å². The molecule has 1 fully saturated rings. The van der Waals surface area contributed by atoms with Gasteiger partial charge in [0.15, 0.2) is 5.96 Å². The summed E-state index contributed by atoms with van der Waals surface area (Å²) in [6, 6.07) is 0.128. The van der Waals surface area contributed by atoms with Crippen molar-refractivity contribution in [3.63, 3.8) is 0 Å². The van der Waals surface area contributed by atoms with E-state index in [0.29, 0.717) is 19.0 Å². The van der Waals surface area contributed by atoms with Crippen LogP contribution in [0.4, 0.5) is 0 Å². The Kier molecular flexibility index (Phi) is 7.65. The first-order valence-electron chi connectivity index (χ1n) is 8.35. The van der Waals surface area contributed by atoms with Gasteiger partial charge in [-0.2, -0.15) is 0 Å². The fourth-order valence-electron chi connectivity index (χ4n) is 2.73. The van der Waals surface area contributed by atoms with Crippen molar-refractivity contribution in [3.05, 3.63) is 0 Å². The van der Waals surface area contributed by atoms with Crippen LogP contribution in [0.2, 0.25) is 0 Å². The summed E-state index contributed by atoms with van der Waals surface area (Å²) in [5.41, 5.74) is 4.80. The SMILES string of the molecule is CC(C)(C)OC(=O)C(CCCNC(=N)N)NC1CCCCC1. The molecule has 0 bridgehead atoms. The lowest BCUT2D eigenvalue weighted by Gasteiger charge is -2.30. The van der Waals surface area contributed by atoms with Crippen LogP contribution in [-0.4, -0.2) is 36.2 Å². The van der Waals surface area contributed by atoms with Crippen LogP contribution >= 0.6 is 0 Å². The second kappa shape index (κ2) is 8.98. The molecule has 6 nitrogen and oxygen atoms in total. The maximum absolute atomic E-state index is 12.4. The van der Waals surface area contributed by atoms with E-state index in [1.807, 2.05) is 20.8 Å². The zero-order valence-electron chi connectivity index (χ0n) is 14.2. The minimum Gasteiger partial charge on any atom is -0.459 e. The maximum atomic E-state index is 12.4. The number of carbonyl (C=O) groups excluding carboxylic acids is 1. The first kappa shape index (κ1) is 18.7. The number of nitrogens with two attached hydrogens (primary N) is 1. The van der Waals surface area contributed by atoms with Crippen molar-refractivity contribution >= 4 is 11.9 Å². The molecule has 1 unspecified atom stereocenters. The van der Waals surface area contributed by atoms with Gasteiger partial charge in [-0.25, -0.2) is 0 Å². The van der Waals surface area contributed by atoms with Crippen LogP contribution in [0.15, 0.2) is 0 Å². The second-order valence-electron chi connectivity index (χ2n) is 7.07. The molecule has 0 heterocycles. The molecule has 1 aliphatic rings. The van der Waals surface area contributed by atoms with Gasteiger partial charge in [-0.3, -0.25) is 10.2 Å². The van der Waals surface area contributed by atoms with Gasteiger partial charge >= 0.3 is 5.97 Å². The average Bonchev–Trinajstić information content (AvgIpc) is 2.41. The summed E-state index contributed by atoms with van der Waals surface area (Å²) in [6.07, 6.45) is 7.46. The molecular formula is C16H32N4O2. The molecule has 0 aromatic rings. The molecule has 1 saturated carbocycles. The normalized spacial score (nSPS) is 17.8. The van der Waals surface area contributed by atoms with Gasteiger partial charge < -0.3 is 21.1 Å². The Hall–Kier alpha value is -1.30. The van der Waals surface area contributed by atoms with Crippen LogP contribution in [0.1, 0.15) is 65.7 Å². The van der Waals surface area contributed by atoms with Crippen molar-refractivity contribution < 1.29 is 9.53 Å².